The van der Waals surface area contributed by atoms with Gasteiger partial charge in [-0.05, 0) is 49.1 Å². The number of carbonyl (C=O) groups is 1. The van der Waals surface area contributed by atoms with E-state index in [-0.39, 0.29) is 12.5 Å². The second kappa shape index (κ2) is 8.04. The molecule has 2 N–H and O–H groups in total. The Morgan fingerprint density at radius 2 is 1.88 bits per heavy atom. The quantitative estimate of drug-likeness (QED) is 0.688. The summed E-state index contributed by atoms with van der Waals surface area (Å²) in [7, 11) is 0. The van der Waals surface area contributed by atoms with Crippen molar-refractivity contribution in [3.05, 3.63) is 59.1 Å². The van der Waals surface area contributed by atoms with E-state index >= 15 is 0 Å². The zero-order valence-corrected chi connectivity index (χ0v) is 14.2. The van der Waals surface area contributed by atoms with Gasteiger partial charge in [0, 0.05) is 18.7 Å². The van der Waals surface area contributed by atoms with Crippen LogP contribution in [0.4, 0.5) is 5.69 Å². The number of fused-ring (bicyclic) bond motifs is 1. The van der Waals surface area contributed by atoms with Crippen LogP contribution in [0.25, 0.3) is 10.2 Å². The third-order valence-electron chi connectivity index (χ3n) is 3.77. The minimum atomic E-state index is 0.0195. The van der Waals surface area contributed by atoms with Crippen LogP contribution in [0, 0.1) is 0 Å². The van der Waals surface area contributed by atoms with Crippen LogP contribution < -0.4 is 5.32 Å². The molecule has 5 heteroatoms. The highest BCUT2D eigenvalue weighted by atomic mass is 32.1. The highest BCUT2D eigenvalue weighted by Gasteiger charge is 2.06. The van der Waals surface area contributed by atoms with Gasteiger partial charge in [-0.2, -0.15) is 0 Å². The van der Waals surface area contributed by atoms with Crippen molar-refractivity contribution in [3.63, 3.8) is 0 Å². The van der Waals surface area contributed by atoms with Gasteiger partial charge in [0.2, 0.25) is 5.91 Å². The van der Waals surface area contributed by atoms with Crippen LogP contribution in [0.5, 0.6) is 0 Å². The van der Waals surface area contributed by atoms with Crippen LogP contribution in [0.3, 0.4) is 0 Å². The van der Waals surface area contributed by atoms with Gasteiger partial charge in [-0.3, -0.25) is 4.79 Å². The van der Waals surface area contributed by atoms with E-state index in [0.717, 1.165) is 34.6 Å². The lowest BCUT2D eigenvalue weighted by atomic mass is 10.1. The summed E-state index contributed by atoms with van der Waals surface area (Å²) in [5.74, 6) is 0.0195. The maximum absolute atomic E-state index is 12.0. The minimum absolute atomic E-state index is 0.0195. The first-order valence-corrected chi connectivity index (χ1v) is 8.90. The first kappa shape index (κ1) is 16.6. The first-order chi connectivity index (χ1) is 11.7. The number of benzene rings is 2. The van der Waals surface area contributed by atoms with Crippen molar-refractivity contribution >= 4 is 33.1 Å². The normalized spacial score (nSPS) is 10.9. The van der Waals surface area contributed by atoms with Gasteiger partial charge >= 0.3 is 0 Å². The monoisotopic (exact) mass is 340 g/mol. The molecule has 0 atom stereocenters. The van der Waals surface area contributed by atoms with Crippen molar-refractivity contribution in [3.8, 4) is 0 Å². The molecule has 0 saturated carbocycles. The number of aliphatic hydroxyl groups excluding tert-OH is 1. The van der Waals surface area contributed by atoms with Crippen molar-refractivity contribution in [1.29, 1.82) is 0 Å². The van der Waals surface area contributed by atoms with Gasteiger partial charge in [0.15, 0.2) is 0 Å². The van der Waals surface area contributed by atoms with Gasteiger partial charge in [-0.1, -0.05) is 24.3 Å². The second-order valence-electron chi connectivity index (χ2n) is 5.65. The molecule has 0 fully saturated rings. The Morgan fingerprint density at radius 3 is 2.62 bits per heavy atom. The molecule has 0 aliphatic carbocycles. The highest BCUT2D eigenvalue weighted by molar-refractivity contribution is 7.18. The van der Waals surface area contributed by atoms with Gasteiger partial charge in [-0.25, -0.2) is 4.98 Å². The summed E-state index contributed by atoms with van der Waals surface area (Å²) in [6.07, 6.45) is 2.72. The van der Waals surface area contributed by atoms with Crippen LogP contribution >= 0.6 is 11.3 Å². The van der Waals surface area contributed by atoms with E-state index in [9.17, 15) is 4.79 Å². The molecule has 1 heterocycles. The molecular formula is C19H20N2O2S. The number of amides is 1. The molecule has 0 spiro atoms. The molecule has 0 bridgehead atoms. The van der Waals surface area contributed by atoms with Crippen LogP contribution in [0.2, 0.25) is 0 Å². The zero-order chi connectivity index (χ0) is 16.8. The fourth-order valence-electron chi connectivity index (χ4n) is 2.53. The number of nitrogens with one attached hydrogen (secondary N) is 1. The Morgan fingerprint density at radius 1 is 1.08 bits per heavy atom. The standard InChI is InChI=1S/C19H20N2O2S/c22-13-12-14-8-10-15(11-9-14)20-18(23)6-3-7-19-21-16-4-1-2-5-17(16)24-19/h1-2,4-5,8-11,22H,3,6-7,12-13H2,(H,20,23). The minimum Gasteiger partial charge on any atom is -0.396 e. The van der Waals surface area contributed by atoms with Gasteiger partial charge in [-0.15, -0.1) is 11.3 Å². The SMILES string of the molecule is O=C(CCCc1nc2ccccc2s1)Nc1ccc(CCO)cc1. The number of aryl methyl sites for hydroxylation is 1. The summed E-state index contributed by atoms with van der Waals surface area (Å²) in [4.78, 5) is 16.6. The number of anilines is 1. The topological polar surface area (TPSA) is 62.2 Å². The van der Waals surface area contributed by atoms with E-state index in [2.05, 4.69) is 16.4 Å². The third kappa shape index (κ3) is 4.40. The van der Waals surface area contributed by atoms with Crippen LogP contribution in [0.15, 0.2) is 48.5 Å². The number of thiazole rings is 1. The molecule has 0 aliphatic rings. The highest BCUT2D eigenvalue weighted by Crippen LogP contribution is 2.22. The van der Waals surface area contributed by atoms with Crippen molar-refractivity contribution < 1.29 is 9.90 Å². The Kier molecular flexibility index (Phi) is 5.56. The van der Waals surface area contributed by atoms with Crippen molar-refractivity contribution in [2.24, 2.45) is 0 Å². The molecule has 1 amide bonds. The Labute approximate surface area is 145 Å². The summed E-state index contributed by atoms with van der Waals surface area (Å²) >= 11 is 1.70. The van der Waals surface area contributed by atoms with Crippen LogP contribution in [-0.2, 0) is 17.6 Å². The van der Waals surface area contributed by atoms with E-state index < -0.39 is 0 Å². The fourth-order valence-corrected chi connectivity index (χ4v) is 3.54. The average molecular weight is 340 g/mol. The predicted octanol–water partition coefficient (Wildman–Crippen LogP) is 3.79. The van der Waals surface area contributed by atoms with E-state index in [4.69, 9.17) is 5.11 Å². The van der Waals surface area contributed by atoms with Crippen LogP contribution in [-0.4, -0.2) is 22.6 Å². The Bertz CT molecular complexity index is 779. The summed E-state index contributed by atoms with van der Waals surface area (Å²) in [6.45, 7) is 0.136. The predicted molar refractivity (Wildman–Crippen MR) is 98.4 cm³/mol. The molecule has 0 unspecified atom stereocenters. The van der Waals surface area contributed by atoms with E-state index in [1.165, 1.54) is 4.70 Å². The first-order valence-electron chi connectivity index (χ1n) is 8.09. The van der Waals surface area contributed by atoms with Crippen LogP contribution in [0.1, 0.15) is 23.4 Å². The molecule has 3 aromatic rings. The van der Waals surface area contributed by atoms with Gasteiger partial charge in [0.1, 0.15) is 0 Å². The number of hydrogen-bond acceptors (Lipinski definition) is 4. The number of hydrogen-bond donors (Lipinski definition) is 2. The number of para-hydroxylation sites is 1. The molecule has 2 aromatic carbocycles. The molecule has 0 saturated heterocycles. The molecule has 0 aliphatic heterocycles. The molecule has 0 radical (unpaired) electrons. The lowest BCUT2D eigenvalue weighted by molar-refractivity contribution is -0.116. The van der Waals surface area contributed by atoms with Crippen molar-refractivity contribution in [2.75, 3.05) is 11.9 Å². The van der Waals surface area contributed by atoms with Crippen molar-refractivity contribution in [1.82, 2.24) is 4.98 Å². The summed E-state index contributed by atoms with van der Waals surface area (Å²) in [6, 6.07) is 15.7. The maximum Gasteiger partial charge on any atom is 0.224 e. The Balaban J connectivity index is 1.46. The molecule has 3 rings (SSSR count). The second-order valence-corrected chi connectivity index (χ2v) is 6.76. The largest absolute Gasteiger partial charge is 0.396 e. The van der Waals surface area contributed by atoms with Gasteiger partial charge < -0.3 is 10.4 Å². The Hall–Kier alpha value is -2.24. The third-order valence-corrected chi connectivity index (χ3v) is 4.87. The number of aromatic nitrogens is 1. The smallest absolute Gasteiger partial charge is 0.224 e. The number of aliphatic hydroxyl groups is 1. The molecule has 1 aromatic heterocycles. The van der Waals surface area contributed by atoms with E-state index in [0.29, 0.717) is 12.8 Å². The molecule has 4 nitrogen and oxygen atoms in total. The van der Waals surface area contributed by atoms with Gasteiger partial charge in [0.25, 0.3) is 0 Å². The molecule has 24 heavy (non-hydrogen) atoms. The van der Waals surface area contributed by atoms with Gasteiger partial charge in [0.05, 0.1) is 15.2 Å². The molecular weight excluding hydrogens is 320 g/mol. The lowest BCUT2D eigenvalue weighted by Gasteiger charge is -2.06. The maximum atomic E-state index is 12.0. The summed E-state index contributed by atoms with van der Waals surface area (Å²) in [5.41, 5.74) is 2.89. The zero-order valence-electron chi connectivity index (χ0n) is 13.4. The average Bonchev–Trinajstić information content (AvgIpc) is 2.99. The van der Waals surface area contributed by atoms with Crippen molar-refractivity contribution in [2.45, 2.75) is 25.7 Å². The van der Waals surface area contributed by atoms with E-state index in [1.54, 1.807) is 11.3 Å². The summed E-state index contributed by atoms with van der Waals surface area (Å²) < 4.78 is 1.19. The fraction of sp³-hybridized carbons (Fsp3) is 0.263. The lowest BCUT2D eigenvalue weighted by Crippen LogP contribution is -2.11. The number of carbonyl (C=O) groups excluding carboxylic acids is 1. The number of nitrogens with zero attached hydrogens (tertiary/aromatic N) is 1. The van der Waals surface area contributed by atoms with E-state index in [1.807, 2.05) is 42.5 Å². The summed E-state index contributed by atoms with van der Waals surface area (Å²) in [5, 5.41) is 12.9. The molecule has 124 valence electrons. The number of rotatable bonds is 7.